The van der Waals surface area contributed by atoms with Crippen LogP contribution in [0.1, 0.15) is 18.4 Å². The summed E-state index contributed by atoms with van der Waals surface area (Å²) in [6.45, 7) is 4.46. The van der Waals surface area contributed by atoms with E-state index in [0.29, 0.717) is 12.6 Å². The monoisotopic (exact) mass is 249 g/mol. The Hall–Kier alpha value is -1.06. The Bertz CT molecular complexity index is 363. The molecule has 100 valence electrons. The molecule has 1 aliphatic carbocycles. The molecule has 1 fully saturated rings. The molecule has 3 heteroatoms. The fraction of sp³-hybridized carbons (Fsp3) is 0.600. The maximum absolute atomic E-state index is 5.71. The van der Waals surface area contributed by atoms with Crippen molar-refractivity contribution in [2.24, 2.45) is 5.92 Å². The van der Waals surface area contributed by atoms with Crippen molar-refractivity contribution in [2.75, 3.05) is 26.9 Å². The highest BCUT2D eigenvalue weighted by Gasteiger charge is 2.30. The third kappa shape index (κ3) is 4.31. The van der Waals surface area contributed by atoms with E-state index in [2.05, 4.69) is 24.4 Å². The summed E-state index contributed by atoms with van der Waals surface area (Å²) in [4.78, 5) is 0. The van der Waals surface area contributed by atoms with Crippen molar-refractivity contribution in [2.45, 2.75) is 25.8 Å². The van der Waals surface area contributed by atoms with Gasteiger partial charge >= 0.3 is 0 Å². The number of nitrogens with one attached hydrogen (secondary N) is 1. The second-order valence-electron chi connectivity index (χ2n) is 5.02. The first-order chi connectivity index (χ1) is 8.79. The van der Waals surface area contributed by atoms with Crippen LogP contribution in [0, 0.1) is 12.8 Å². The minimum absolute atomic E-state index is 0.496. The van der Waals surface area contributed by atoms with E-state index in [9.17, 15) is 0 Å². The van der Waals surface area contributed by atoms with Gasteiger partial charge in [-0.2, -0.15) is 0 Å². The van der Waals surface area contributed by atoms with Gasteiger partial charge in [0.05, 0.1) is 6.61 Å². The molecule has 0 amide bonds. The van der Waals surface area contributed by atoms with Gasteiger partial charge in [0.15, 0.2) is 0 Å². The molecule has 0 spiro atoms. The third-order valence-electron chi connectivity index (χ3n) is 3.30. The van der Waals surface area contributed by atoms with Crippen molar-refractivity contribution in [3.63, 3.8) is 0 Å². The lowest BCUT2D eigenvalue weighted by atomic mass is 10.2. The minimum atomic E-state index is 0.496. The van der Waals surface area contributed by atoms with Crippen LogP contribution in [0.5, 0.6) is 5.75 Å². The summed E-state index contributed by atoms with van der Waals surface area (Å²) in [5, 5.41) is 3.52. The Balaban J connectivity index is 1.65. The lowest BCUT2D eigenvalue weighted by Gasteiger charge is -2.17. The number of hydrogen-bond donors (Lipinski definition) is 1. The van der Waals surface area contributed by atoms with E-state index in [-0.39, 0.29) is 0 Å². The van der Waals surface area contributed by atoms with E-state index in [1.807, 2.05) is 12.1 Å². The van der Waals surface area contributed by atoms with Crippen LogP contribution in [0.4, 0.5) is 0 Å². The molecule has 0 heterocycles. The zero-order valence-electron chi connectivity index (χ0n) is 11.3. The van der Waals surface area contributed by atoms with Crippen LogP contribution < -0.4 is 10.1 Å². The SMILES string of the molecule is COCC(NCCOc1cccc(C)c1)C1CC1. The van der Waals surface area contributed by atoms with Gasteiger partial charge in [-0.3, -0.25) is 0 Å². The molecule has 3 nitrogen and oxygen atoms in total. The second kappa shape index (κ2) is 6.76. The highest BCUT2D eigenvalue weighted by molar-refractivity contribution is 5.27. The molecule has 1 saturated carbocycles. The van der Waals surface area contributed by atoms with Crippen LogP contribution in [-0.2, 0) is 4.74 Å². The van der Waals surface area contributed by atoms with Crippen molar-refractivity contribution in [3.8, 4) is 5.75 Å². The van der Waals surface area contributed by atoms with Gasteiger partial charge in [0.25, 0.3) is 0 Å². The van der Waals surface area contributed by atoms with Crippen molar-refractivity contribution >= 4 is 0 Å². The van der Waals surface area contributed by atoms with E-state index in [0.717, 1.165) is 24.8 Å². The quantitative estimate of drug-likeness (QED) is 0.718. The molecular formula is C15H23NO2. The summed E-state index contributed by atoms with van der Waals surface area (Å²) in [5.74, 6) is 1.76. The molecule has 18 heavy (non-hydrogen) atoms. The predicted octanol–water partition coefficient (Wildman–Crippen LogP) is 2.39. The molecule has 1 aliphatic rings. The van der Waals surface area contributed by atoms with Gasteiger partial charge in [-0.05, 0) is 43.4 Å². The summed E-state index contributed by atoms with van der Waals surface area (Å²) in [5.41, 5.74) is 1.23. The molecule has 0 bridgehead atoms. The standard InChI is InChI=1S/C15H23NO2/c1-12-4-3-5-14(10-12)18-9-8-16-15(11-17-2)13-6-7-13/h3-5,10,13,15-16H,6-9,11H2,1-2H3. The number of hydrogen-bond acceptors (Lipinski definition) is 3. The van der Waals surface area contributed by atoms with Crippen LogP contribution in [0.25, 0.3) is 0 Å². The highest BCUT2D eigenvalue weighted by atomic mass is 16.5. The Morgan fingerprint density at radius 3 is 2.89 bits per heavy atom. The van der Waals surface area contributed by atoms with E-state index in [1.165, 1.54) is 18.4 Å². The number of methoxy groups -OCH3 is 1. The average molecular weight is 249 g/mol. The largest absolute Gasteiger partial charge is 0.492 e. The van der Waals surface area contributed by atoms with Gasteiger partial charge in [0, 0.05) is 19.7 Å². The van der Waals surface area contributed by atoms with Crippen LogP contribution in [0.3, 0.4) is 0 Å². The minimum Gasteiger partial charge on any atom is -0.492 e. The maximum atomic E-state index is 5.71. The highest BCUT2D eigenvalue weighted by Crippen LogP contribution is 2.32. The zero-order valence-corrected chi connectivity index (χ0v) is 11.3. The first-order valence-corrected chi connectivity index (χ1v) is 6.71. The van der Waals surface area contributed by atoms with Crippen LogP contribution in [-0.4, -0.2) is 32.9 Å². The molecule has 0 saturated heterocycles. The van der Waals surface area contributed by atoms with E-state index < -0.39 is 0 Å². The summed E-state index contributed by atoms with van der Waals surface area (Å²) >= 11 is 0. The molecule has 1 aromatic rings. The first kappa shape index (κ1) is 13.4. The van der Waals surface area contributed by atoms with Gasteiger partial charge in [-0.15, -0.1) is 0 Å². The molecule has 0 aromatic heterocycles. The summed E-state index contributed by atoms with van der Waals surface area (Å²) < 4.78 is 10.9. The molecular weight excluding hydrogens is 226 g/mol. The van der Waals surface area contributed by atoms with Crippen molar-refractivity contribution < 1.29 is 9.47 Å². The normalized spacial score (nSPS) is 16.6. The molecule has 0 aliphatic heterocycles. The Morgan fingerprint density at radius 2 is 2.22 bits per heavy atom. The van der Waals surface area contributed by atoms with Crippen LogP contribution in [0.2, 0.25) is 0 Å². The Kier molecular flexibility index (Phi) is 5.02. The number of ether oxygens (including phenoxy) is 2. The Morgan fingerprint density at radius 1 is 1.39 bits per heavy atom. The van der Waals surface area contributed by atoms with Gasteiger partial charge < -0.3 is 14.8 Å². The van der Waals surface area contributed by atoms with Gasteiger partial charge in [-0.1, -0.05) is 12.1 Å². The van der Waals surface area contributed by atoms with E-state index in [1.54, 1.807) is 7.11 Å². The predicted molar refractivity (Wildman–Crippen MR) is 73.1 cm³/mol. The van der Waals surface area contributed by atoms with Crippen molar-refractivity contribution in [3.05, 3.63) is 29.8 Å². The van der Waals surface area contributed by atoms with Crippen LogP contribution in [0.15, 0.2) is 24.3 Å². The van der Waals surface area contributed by atoms with Gasteiger partial charge in [0.2, 0.25) is 0 Å². The molecule has 1 aromatic carbocycles. The van der Waals surface area contributed by atoms with Crippen molar-refractivity contribution in [1.29, 1.82) is 0 Å². The maximum Gasteiger partial charge on any atom is 0.119 e. The van der Waals surface area contributed by atoms with Crippen LogP contribution >= 0.6 is 0 Å². The number of rotatable bonds is 8. The molecule has 2 rings (SSSR count). The number of aryl methyl sites for hydroxylation is 1. The fourth-order valence-corrected chi connectivity index (χ4v) is 2.16. The Labute approximate surface area is 109 Å². The smallest absolute Gasteiger partial charge is 0.119 e. The number of benzene rings is 1. The molecule has 1 unspecified atom stereocenters. The van der Waals surface area contributed by atoms with E-state index in [4.69, 9.17) is 9.47 Å². The molecule has 1 atom stereocenters. The summed E-state index contributed by atoms with van der Waals surface area (Å²) in [7, 11) is 1.76. The second-order valence-corrected chi connectivity index (χ2v) is 5.02. The zero-order chi connectivity index (χ0) is 12.8. The lowest BCUT2D eigenvalue weighted by molar-refractivity contribution is 0.154. The summed E-state index contributed by atoms with van der Waals surface area (Å²) in [6.07, 6.45) is 2.67. The van der Waals surface area contributed by atoms with E-state index >= 15 is 0 Å². The van der Waals surface area contributed by atoms with Gasteiger partial charge in [-0.25, -0.2) is 0 Å². The third-order valence-corrected chi connectivity index (χ3v) is 3.30. The molecule has 1 N–H and O–H groups in total. The summed E-state index contributed by atoms with van der Waals surface area (Å²) in [6, 6.07) is 8.66. The topological polar surface area (TPSA) is 30.5 Å². The average Bonchev–Trinajstić information content (AvgIpc) is 3.17. The first-order valence-electron chi connectivity index (χ1n) is 6.71. The fourth-order valence-electron chi connectivity index (χ4n) is 2.16. The lowest BCUT2D eigenvalue weighted by Crippen LogP contribution is -2.37. The van der Waals surface area contributed by atoms with Gasteiger partial charge in [0.1, 0.15) is 12.4 Å². The van der Waals surface area contributed by atoms with Crippen molar-refractivity contribution in [1.82, 2.24) is 5.32 Å². The molecule has 0 radical (unpaired) electrons.